The van der Waals surface area contributed by atoms with Crippen LogP contribution in [-0.2, 0) is 4.79 Å². The van der Waals surface area contributed by atoms with Gasteiger partial charge in [0.15, 0.2) is 0 Å². The predicted molar refractivity (Wildman–Crippen MR) is 102 cm³/mol. The van der Waals surface area contributed by atoms with E-state index in [2.05, 4.69) is 5.32 Å². The van der Waals surface area contributed by atoms with Crippen molar-refractivity contribution in [1.82, 2.24) is 0 Å². The zero-order valence-electron chi connectivity index (χ0n) is 15.9. The molecule has 4 nitrogen and oxygen atoms in total. The van der Waals surface area contributed by atoms with Gasteiger partial charge in [0.05, 0.1) is 25.3 Å². The lowest BCUT2D eigenvalue weighted by Crippen LogP contribution is -2.26. The maximum absolute atomic E-state index is 13.5. The monoisotopic (exact) mass is 395 g/mol. The number of halogens is 3. The molecule has 0 aliphatic rings. The molecule has 28 heavy (non-hydrogen) atoms. The summed E-state index contributed by atoms with van der Waals surface area (Å²) < 4.78 is 51.2. The van der Waals surface area contributed by atoms with Gasteiger partial charge in [-0.25, -0.2) is 0 Å². The molecular weight excluding hydrogens is 371 g/mol. The molecule has 2 aromatic carbocycles. The zero-order valence-corrected chi connectivity index (χ0v) is 15.9. The van der Waals surface area contributed by atoms with Crippen molar-refractivity contribution < 1.29 is 27.4 Å². The average Bonchev–Trinajstić information content (AvgIpc) is 2.67. The van der Waals surface area contributed by atoms with Crippen molar-refractivity contribution in [2.24, 2.45) is 0 Å². The summed E-state index contributed by atoms with van der Waals surface area (Å²) in [7, 11) is 1.47. The van der Waals surface area contributed by atoms with Crippen molar-refractivity contribution in [3.05, 3.63) is 54.1 Å². The standard InChI is InChI=1S/C21H24F3NO3/c1-3-4-12-28-19-11-10-16(27-2)13-18(19)25-20(26)14-17(21(22,23)24)15-8-6-5-7-9-15/h5-11,13,17H,3-4,12,14H2,1-2H3,(H,25,26). The third-order valence-electron chi connectivity index (χ3n) is 4.20. The fraction of sp³-hybridized carbons (Fsp3) is 0.381. The van der Waals surface area contributed by atoms with Crippen LogP contribution in [-0.4, -0.2) is 25.8 Å². The lowest BCUT2D eigenvalue weighted by molar-refractivity contribution is -0.155. The van der Waals surface area contributed by atoms with Gasteiger partial charge in [0.25, 0.3) is 0 Å². The number of hydrogen-bond acceptors (Lipinski definition) is 3. The van der Waals surface area contributed by atoms with E-state index < -0.39 is 24.4 Å². The van der Waals surface area contributed by atoms with E-state index in [1.54, 1.807) is 18.2 Å². The lowest BCUT2D eigenvalue weighted by atomic mass is 9.94. The van der Waals surface area contributed by atoms with E-state index in [0.29, 0.717) is 18.1 Å². The highest BCUT2D eigenvalue weighted by atomic mass is 19.4. The third-order valence-corrected chi connectivity index (χ3v) is 4.20. The van der Waals surface area contributed by atoms with Gasteiger partial charge in [-0.1, -0.05) is 43.7 Å². The Morgan fingerprint density at radius 2 is 1.86 bits per heavy atom. The van der Waals surface area contributed by atoms with E-state index in [4.69, 9.17) is 9.47 Å². The normalized spacial score (nSPS) is 12.3. The number of alkyl halides is 3. The summed E-state index contributed by atoms with van der Waals surface area (Å²) >= 11 is 0. The number of benzene rings is 2. The second-order valence-electron chi connectivity index (χ2n) is 6.32. The molecular formula is C21H24F3NO3. The number of hydrogen-bond donors (Lipinski definition) is 1. The Morgan fingerprint density at radius 3 is 2.46 bits per heavy atom. The number of carbonyl (C=O) groups excluding carboxylic acids is 1. The van der Waals surface area contributed by atoms with Gasteiger partial charge < -0.3 is 14.8 Å². The summed E-state index contributed by atoms with van der Waals surface area (Å²) in [4.78, 5) is 12.4. The fourth-order valence-electron chi connectivity index (χ4n) is 2.68. The minimum atomic E-state index is -4.53. The zero-order chi connectivity index (χ0) is 20.6. The molecule has 1 atom stereocenters. The molecule has 152 valence electrons. The molecule has 1 amide bonds. The van der Waals surface area contributed by atoms with Crippen LogP contribution in [0.5, 0.6) is 11.5 Å². The van der Waals surface area contributed by atoms with Gasteiger partial charge in [-0.2, -0.15) is 13.2 Å². The number of unbranched alkanes of at least 4 members (excludes halogenated alkanes) is 1. The highest BCUT2D eigenvalue weighted by molar-refractivity contribution is 5.93. The Bertz CT molecular complexity index is 763. The highest BCUT2D eigenvalue weighted by Crippen LogP contribution is 2.38. The third kappa shape index (κ3) is 6.18. The van der Waals surface area contributed by atoms with Gasteiger partial charge >= 0.3 is 6.18 Å². The summed E-state index contributed by atoms with van der Waals surface area (Å²) in [6.07, 6.45) is -3.50. The lowest BCUT2D eigenvalue weighted by Gasteiger charge is -2.21. The topological polar surface area (TPSA) is 47.6 Å². The van der Waals surface area contributed by atoms with Crippen molar-refractivity contribution in [3.63, 3.8) is 0 Å². The van der Waals surface area contributed by atoms with Gasteiger partial charge in [0.2, 0.25) is 5.91 Å². The van der Waals surface area contributed by atoms with Crippen LogP contribution >= 0.6 is 0 Å². The fourth-order valence-corrected chi connectivity index (χ4v) is 2.68. The Hall–Kier alpha value is -2.70. The number of nitrogens with one attached hydrogen (secondary N) is 1. The SMILES string of the molecule is CCCCOc1ccc(OC)cc1NC(=O)CC(c1ccccc1)C(F)(F)F. The number of anilines is 1. The minimum absolute atomic E-state index is 0.0511. The molecule has 0 aliphatic carbocycles. The molecule has 0 bridgehead atoms. The van der Waals surface area contributed by atoms with E-state index in [0.717, 1.165) is 12.8 Å². The molecule has 1 unspecified atom stereocenters. The van der Waals surface area contributed by atoms with Gasteiger partial charge in [0, 0.05) is 12.5 Å². The van der Waals surface area contributed by atoms with Crippen molar-refractivity contribution in [2.45, 2.75) is 38.3 Å². The van der Waals surface area contributed by atoms with Crippen molar-refractivity contribution in [2.75, 3.05) is 19.0 Å². The largest absolute Gasteiger partial charge is 0.497 e. The Kier molecular flexibility index (Phi) is 7.72. The van der Waals surface area contributed by atoms with Gasteiger partial charge in [0.1, 0.15) is 11.5 Å². The van der Waals surface area contributed by atoms with Crippen LogP contribution in [0.25, 0.3) is 0 Å². The summed E-state index contributed by atoms with van der Waals surface area (Å²) in [5.41, 5.74) is 0.338. The van der Waals surface area contributed by atoms with Crippen LogP contribution < -0.4 is 14.8 Å². The second-order valence-corrected chi connectivity index (χ2v) is 6.32. The molecule has 0 radical (unpaired) electrons. The maximum Gasteiger partial charge on any atom is 0.396 e. The van der Waals surface area contributed by atoms with Gasteiger partial charge in [-0.05, 0) is 24.1 Å². The first-order valence-electron chi connectivity index (χ1n) is 9.07. The van der Waals surface area contributed by atoms with E-state index in [1.807, 2.05) is 6.92 Å². The Morgan fingerprint density at radius 1 is 1.14 bits per heavy atom. The van der Waals surface area contributed by atoms with Gasteiger partial charge in [-0.3, -0.25) is 4.79 Å². The number of ether oxygens (including phenoxy) is 2. The van der Waals surface area contributed by atoms with E-state index >= 15 is 0 Å². The summed E-state index contributed by atoms with van der Waals surface area (Å²) in [6, 6.07) is 12.2. The first-order chi connectivity index (χ1) is 13.3. The maximum atomic E-state index is 13.5. The molecule has 0 aromatic heterocycles. The van der Waals surface area contributed by atoms with E-state index in [1.165, 1.54) is 37.4 Å². The molecule has 0 saturated carbocycles. The Labute approximate surface area is 162 Å². The molecule has 7 heteroatoms. The molecule has 0 aliphatic heterocycles. The van der Waals surface area contributed by atoms with Crippen molar-refractivity contribution in [1.29, 1.82) is 0 Å². The second kappa shape index (κ2) is 10.0. The molecule has 2 aromatic rings. The smallest absolute Gasteiger partial charge is 0.396 e. The summed E-state index contributed by atoms with van der Waals surface area (Å²) in [6.45, 7) is 2.46. The van der Waals surface area contributed by atoms with Crippen LogP contribution in [0.2, 0.25) is 0 Å². The van der Waals surface area contributed by atoms with E-state index in [-0.39, 0.29) is 11.3 Å². The predicted octanol–water partition coefficient (Wildman–Crippen LogP) is 5.55. The van der Waals surface area contributed by atoms with Crippen LogP contribution in [0.1, 0.15) is 37.7 Å². The summed E-state index contributed by atoms with van der Waals surface area (Å²) in [5, 5.41) is 2.54. The van der Waals surface area contributed by atoms with Crippen LogP contribution in [0, 0.1) is 0 Å². The number of carbonyl (C=O) groups is 1. The molecule has 2 rings (SSSR count). The number of methoxy groups -OCH3 is 1. The first-order valence-corrected chi connectivity index (χ1v) is 9.07. The van der Waals surface area contributed by atoms with Crippen LogP contribution in [0.15, 0.2) is 48.5 Å². The van der Waals surface area contributed by atoms with Crippen LogP contribution in [0.4, 0.5) is 18.9 Å². The molecule has 0 fully saturated rings. The number of rotatable bonds is 9. The van der Waals surface area contributed by atoms with Crippen molar-refractivity contribution >= 4 is 11.6 Å². The molecule has 1 N–H and O–H groups in total. The molecule has 0 spiro atoms. The van der Waals surface area contributed by atoms with Gasteiger partial charge in [-0.15, -0.1) is 0 Å². The summed E-state index contributed by atoms with van der Waals surface area (Å²) in [5.74, 6) is -1.78. The highest BCUT2D eigenvalue weighted by Gasteiger charge is 2.41. The molecule has 0 heterocycles. The number of amides is 1. The quantitative estimate of drug-likeness (QED) is 0.567. The first kappa shape index (κ1) is 21.6. The van der Waals surface area contributed by atoms with Crippen LogP contribution in [0.3, 0.4) is 0 Å². The molecule has 0 saturated heterocycles. The van der Waals surface area contributed by atoms with Crippen molar-refractivity contribution in [3.8, 4) is 11.5 Å². The Balaban J connectivity index is 2.18. The average molecular weight is 395 g/mol. The minimum Gasteiger partial charge on any atom is -0.497 e. The van der Waals surface area contributed by atoms with E-state index in [9.17, 15) is 18.0 Å².